The van der Waals surface area contributed by atoms with Gasteiger partial charge in [0.1, 0.15) is 5.82 Å². The van der Waals surface area contributed by atoms with E-state index in [9.17, 15) is 14.7 Å². The lowest BCUT2D eigenvalue weighted by molar-refractivity contribution is -0.132. The molecule has 4 aromatic rings. The third kappa shape index (κ3) is 5.57. The molecule has 5 rings (SSSR count). The number of fused-ring (bicyclic) bond motifs is 1. The molecule has 0 aliphatic carbocycles. The highest BCUT2D eigenvalue weighted by atomic mass is 16.4. The molecule has 3 N–H and O–H groups in total. The number of piperidine rings is 1. The standard InChI is InChI=1S/C29H30N4O3/c34-27(33-16-6-9-23(19-33)28-31-25-10-4-5-11-26(25)32-28)18-24(30-29(35)36)17-20-12-14-22(15-13-20)21-7-2-1-3-8-21/h1-5,7-8,10-15,23-24,30H,6,9,16-19H2,(H,31,32)(H,35,36)/t23-,24-/m1/s1. The zero-order valence-corrected chi connectivity index (χ0v) is 20.1. The Morgan fingerprint density at radius 2 is 1.72 bits per heavy atom. The van der Waals surface area contributed by atoms with Crippen LogP contribution in [0.25, 0.3) is 22.2 Å². The molecule has 0 spiro atoms. The van der Waals surface area contributed by atoms with E-state index < -0.39 is 12.1 Å². The topological polar surface area (TPSA) is 98.3 Å². The molecule has 1 saturated heterocycles. The zero-order chi connectivity index (χ0) is 24.9. The van der Waals surface area contributed by atoms with Crippen LogP contribution >= 0.6 is 0 Å². The second-order valence-corrected chi connectivity index (χ2v) is 9.44. The Balaban J connectivity index is 1.24. The quantitative estimate of drug-likeness (QED) is 0.337. The van der Waals surface area contributed by atoms with Crippen molar-refractivity contribution in [2.75, 3.05) is 13.1 Å². The maximum Gasteiger partial charge on any atom is 0.404 e. The SMILES string of the molecule is O=C(O)N[C@@H](CC(=O)N1CCC[C@@H](c2nc3ccccc3[nH]2)C1)Cc1ccc(-c2ccccc2)cc1. The molecule has 7 heteroatoms. The second-order valence-electron chi connectivity index (χ2n) is 9.44. The Labute approximate surface area is 210 Å². The summed E-state index contributed by atoms with van der Waals surface area (Å²) in [5, 5.41) is 11.9. The van der Waals surface area contributed by atoms with Gasteiger partial charge < -0.3 is 20.3 Å². The van der Waals surface area contributed by atoms with E-state index in [1.165, 1.54) is 0 Å². The Morgan fingerprint density at radius 1 is 1.00 bits per heavy atom. The smallest absolute Gasteiger partial charge is 0.404 e. The van der Waals surface area contributed by atoms with Crippen LogP contribution in [0.4, 0.5) is 4.79 Å². The normalized spacial score (nSPS) is 16.6. The number of aromatic nitrogens is 2. The summed E-state index contributed by atoms with van der Waals surface area (Å²) in [5.74, 6) is 1.02. The highest BCUT2D eigenvalue weighted by molar-refractivity contribution is 5.78. The number of rotatable bonds is 7. The third-order valence-corrected chi connectivity index (χ3v) is 6.86. The first-order chi connectivity index (χ1) is 17.5. The first kappa shape index (κ1) is 23.6. The molecule has 36 heavy (non-hydrogen) atoms. The Morgan fingerprint density at radius 3 is 2.47 bits per heavy atom. The summed E-state index contributed by atoms with van der Waals surface area (Å²) >= 11 is 0. The number of H-pyrrole nitrogens is 1. The minimum Gasteiger partial charge on any atom is -0.465 e. The van der Waals surface area contributed by atoms with E-state index in [2.05, 4.69) is 22.4 Å². The number of aromatic amines is 1. The van der Waals surface area contributed by atoms with Crippen LogP contribution in [0.15, 0.2) is 78.9 Å². The molecule has 1 aliphatic rings. The number of likely N-dealkylation sites (tertiary alicyclic amines) is 1. The van der Waals surface area contributed by atoms with Crippen molar-refractivity contribution in [3.63, 3.8) is 0 Å². The summed E-state index contributed by atoms with van der Waals surface area (Å²) < 4.78 is 0. The van der Waals surface area contributed by atoms with Crippen molar-refractivity contribution in [3.05, 3.63) is 90.3 Å². The van der Waals surface area contributed by atoms with Gasteiger partial charge in [0.25, 0.3) is 0 Å². The van der Waals surface area contributed by atoms with Crippen molar-refractivity contribution >= 4 is 23.0 Å². The fraction of sp³-hybridized carbons (Fsp3) is 0.276. The summed E-state index contributed by atoms with van der Waals surface area (Å²) in [6.07, 6.45) is 1.32. The molecule has 2 amide bonds. The lowest BCUT2D eigenvalue weighted by Crippen LogP contribution is -2.44. The molecule has 2 atom stereocenters. The van der Waals surface area contributed by atoms with Gasteiger partial charge in [0, 0.05) is 31.5 Å². The Bertz CT molecular complexity index is 1300. The monoisotopic (exact) mass is 482 g/mol. The van der Waals surface area contributed by atoms with Crippen LogP contribution in [-0.4, -0.2) is 51.1 Å². The van der Waals surface area contributed by atoms with Crippen LogP contribution in [0.1, 0.15) is 36.6 Å². The van der Waals surface area contributed by atoms with Gasteiger partial charge in [0.2, 0.25) is 5.91 Å². The molecule has 1 fully saturated rings. The average molecular weight is 483 g/mol. The predicted molar refractivity (Wildman–Crippen MR) is 140 cm³/mol. The van der Waals surface area contributed by atoms with E-state index >= 15 is 0 Å². The van der Waals surface area contributed by atoms with Crippen molar-refractivity contribution in [2.45, 2.75) is 37.6 Å². The van der Waals surface area contributed by atoms with Crippen molar-refractivity contribution in [1.29, 1.82) is 0 Å². The van der Waals surface area contributed by atoms with Crippen LogP contribution in [-0.2, 0) is 11.2 Å². The van der Waals surface area contributed by atoms with Gasteiger partial charge >= 0.3 is 6.09 Å². The number of carbonyl (C=O) groups excluding carboxylic acids is 1. The fourth-order valence-electron chi connectivity index (χ4n) is 5.03. The average Bonchev–Trinajstić information content (AvgIpc) is 3.34. The van der Waals surface area contributed by atoms with Crippen LogP contribution in [0.2, 0.25) is 0 Å². The summed E-state index contributed by atoms with van der Waals surface area (Å²) in [5.41, 5.74) is 5.14. The summed E-state index contributed by atoms with van der Waals surface area (Å²) in [6, 6.07) is 25.6. The lowest BCUT2D eigenvalue weighted by Gasteiger charge is -2.33. The fourth-order valence-corrected chi connectivity index (χ4v) is 5.03. The first-order valence-corrected chi connectivity index (χ1v) is 12.4. The molecule has 1 aromatic heterocycles. The molecule has 184 valence electrons. The number of amides is 2. The molecular formula is C29H30N4O3. The van der Waals surface area contributed by atoms with Crippen molar-refractivity contribution in [3.8, 4) is 11.1 Å². The van der Waals surface area contributed by atoms with Gasteiger partial charge in [-0.3, -0.25) is 4.79 Å². The van der Waals surface area contributed by atoms with Crippen molar-refractivity contribution in [1.82, 2.24) is 20.2 Å². The zero-order valence-electron chi connectivity index (χ0n) is 20.1. The third-order valence-electron chi connectivity index (χ3n) is 6.86. The van der Waals surface area contributed by atoms with E-state index in [1.54, 1.807) is 0 Å². The maximum atomic E-state index is 13.2. The van der Waals surface area contributed by atoms with Gasteiger partial charge in [-0.15, -0.1) is 0 Å². The number of nitrogens with one attached hydrogen (secondary N) is 2. The van der Waals surface area contributed by atoms with E-state index in [4.69, 9.17) is 4.98 Å². The van der Waals surface area contributed by atoms with Gasteiger partial charge in [0.05, 0.1) is 11.0 Å². The minimum absolute atomic E-state index is 0.0320. The molecule has 2 heterocycles. The number of para-hydroxylation sites is 2. The highest BCUT2D eigenvalue weighted by Gasteiger charge is 2.28. The Kier molecular flexibility index (Phi) is 6.98. The highest BCUT2D eigenvalue weighted by Crippen LogP contribution is 2.27. The number of nitrogens with zero attached hydrogens (tertiary/aromatic N) is 2. The number of benzene rings is 3. The van der Waals surface area contributed by atoms with Crippen LogP contribution < -0.4 is 5.32 Å². The number of imidazole rings is 1. The van der Waals surface area contributed by atoms with Gasteiger partial charge in [-0.05, 0) is 48.1 Å². The number of carbonyl (C=O) groups is 2. The summed E-state index contributed by atoms with van der Waals surface area (Å²) in [7, 11) is 0. The lowest BCUT2D eigenvalue weighted by atomic mass is 9.95. The maximum absolute atomic E-state index is 13.2. The van der Waals surface area contributed by atoms with Crippen molar-refractivity contribution in [2.24, 2.45) is 0 Å². The van der Waals surface area contributed by atoms with Gasteiger partial charge in [-0.1, -0.05) is 66.7 Å². The van der Waals surface area contributed by atoms with E-state index in [-0.39, 0.29) is 18.2 Å². The number of hydrogen-bond donors (Lipinski definition) is 3. The van der Waals surface area contributed by atoms with Crippen LogP contribution in [0.5, 0.6) is 0 Å². The van der Waals surface area contributed by atoms with Crippen molar-refractivity contribution < 1.29 is 14.7 Å². The molecule has 7 nitrogen and oxygen atoms in total. The second kappa shape index (κ2) is 10.6. The molecule has 0 radical (unpaired) electrons. The minimum atomic E-state index is -1.12. The number of carboxylic acid groups (broad SMARTS) is 1. The predicted octanol–water partition coefficient (Wildman–Crippen LogP) is 5.20. The molecule has 0 unspecified atom stereocenters. The Hall–Kier alpha value is -4.13. The van der Waals surface area contributed by atoms with Gasteiger partial charge in [0.15, 0.2) is 0 Å². The van der Waals surface area contributed by atoms with E-state index in [0.717, 1.165) is 46.4 Å². The number of hydrogen-bond acceptors (Lipinski definition) is 3. The van der Waals surface area contributed by atoms with E-state index in [0.29, 0.717) is 19.5 Å². The largest absolute Gasteiger partial charge is 0.465 e. The molecule has 3 aromatic carbocycles. The summed E-state index contributed by atoms with van der Waals surface area (Å²) in [6.45, 7) is 1.27. The van der Waals surface area contributed by atoms with Gasteiger partial charge in [-0.2, -0.15) is 0 Å². The summed E-state index contributed by atoms with van der Waals surface area (Å²) in [4.78, 5) is 34.7. The molecule has 0 bridgehead atoms. The van der Waals surface area contributed by atoms with Gasteiger partial charge in [-0.25, -0.2) is 9.78 Å². The van der Waals surface area contributed by atoms with Crippen LogP contribution in [0, 0.1) is 0 Å². The first-order valence-electron chi connectivity index (χ1n) is 12.4. The molecule has 0 saturated carbocycles. The van der Waals surface area contributed by atoms with Crippen LogP contribution in [0.3, 0.4) is 0 Å². The van der Waals surface area contributed by atoms with E-state index in [1.807, 2.05) is 71.6 Å². The molecular weight excluding hydrogens is 452 g/mol. The molecule has 1 aliphatic heterocycles.